The maximum Gasteiger partial charge on any atom is 0.163 e. The van der Waals surface area contributed by atoms with E-state index in [1.807, 2.05) is 32.9 Å². The summed E-state index contributed by atoms with van der Waals surface area (Å²) < 4.78 is 0. The van der Waals surface area contributed by atoms with E-state index in [4.69, 9.17) is 0 Å². The van der Waals surface area contributed by atoms with Crippen LogP contribution in [-0.2, 0) is 6.42 Å². The normalized spacial score (nSPS) is 10.8. The first kappa shape index (κ1) is 16.5. The van der Waals surface area contributed by atoms with E-state index in [9.17, 15) is 0 Å². The Bertz CT molecular complexity index is 842. The van der Waals surface area contributed by atoms with E-state index in [0.29, 0.717) is 5.82 Å². The molecular formula is C18H21N5S. The zero-order chi connectivity index (χ0) is 17.1. The zero-order valence-electron chi connectivity index (χ0n) is 14.4. The van der Waals surface area contributed by atoms with Gasteiger partial charge < -0.3 is 5.32 Å². The molecule has 6 heteroatoms. The van der Waals surface area contributed by atoms with E-state index < -0.39 is 0 Å². The molecule has 0 radical (unpaired) electrons. The molecule has 124 valence electrons. The lowest BCUT2D eigenvalue weighted by atomic mass is 10.2. The van der Waals surface area contributed by atoms with Gasteiger partial charge in [0, 0.05) is 47.1 Å². The predicted molar refractivity (Wildman–Crippen MR) is 98.5 cm³/mol. The van der Waals surface area contributed by atoms with Crippen LogP contribution in [-0.4, -0.2) is 26.5 Å². The van der Waals surface area contributed by atoms with Crippen LogP contribution in [0.2, 0.25) is 0 Å². The van der Waals surface area contributed by atoms with Gasteiger partial charge in [-0.1, -0.05) is 0 Å². The summed E-state index contributed by atoms with van der Waals surface area (Å²) in [6.07, 6.45) is 4.49. The van der Waals surface area contributed by atoms with Crippen molar-refractivity contribution in [1.29, 1.82) is 0 Å². The number of rotatable bonds is 5. The Hall–Kier alpha value is -2.34. The highest BCUT2D eigenvalue weighted by Crippen LogP contribution is 2.22. The van der Waals surface area contributed by atoms with Crippen LogP contribution in [0.25, 0.3) is 11.4 Å². The van der Waals surface area contributed by atoms with Crippen LogP contribution in [0.4, 0.5) is 5.82 Å². The van der Waals surface area contributed by atoms with Crippen molar-refractivity contribution in [3.63, 3.8) is 0 Å². The van der Waals surface area contributed by atoms with Crippen LogP contribution in [0, 0.1) is 27.7 Å². The predicted octanol–water partition coefficient (Wildman–Crippen LogP) is 3.88. The molecule has 0 unspecified atom stereocenters. The average molecular weight is 339 g/mol. The maximum absolute atomic E-state index is 4.69. The molecule has 3 aromatic heterocycles. The highest BCUT2D eigenvalue weighted by Gasteiger charge is 2.10. The number of hydrogen-bond donors (Lipinski definition) is 1. The molecule has 0 spiro atoms. The lowest BCUT2D eigenvalue weighted by molar-refractivity contribution is 0.982. The van der Waals surface area contributed by atoms with Gasteiger partial charge in [-0.3, -0.25) is 4.98 Å². The summed E-state index contributed by atoms with van der Waals surface area (Å²) in [6.45, 7) is 9.00. The van der Waals surface area contributed by atoms with Gasteiger partial charge in [0.05, 0.1) is 10.7 Å². The first-order valence-corrected chi connectivity index (χ1v) is 8.78. The molecule has 0 aliphatic carbocycles. The minimum absolute atomic E-state index is 0.707. The smallest absolute Gasteiger partial charge is 0.163 e. The van der Waals surface area contributed by atoms with E-state index in [2.05, 4.69) is 32.2 Å². The standard InChI is InChI=1S/C18H21N5S/c1-11-12(2)22-18(15-6-5-8-19-10-15)23-17(11)20-9-7-16-13(3)21-14(4)24-16/h5-6,8,10H,7,9H2,1-4H3,(H,20,22,23). The van der Waals surface area contributed by atoms with Crippen molar-refractivity contribution in [2.75, 3.05) is 11.9 Å². The highest BCUT2D eigenvalue weighted by atomic mass is 32.1. The second-order valence-electron chi connectivity index (χ2n) is 5.77. The van der Waals surface area contributed by atoms with E-state index in [1.54, 1.807) is 23.7 Å². The largest absolute Gasteiger partial charge is 0.369 e. The van der Waals surface area contributed by atoms with Crippen molar-refractivity contribution in [2.45, 2.75) is 34.1 Å². The summed E-state index contributed by atoms with van der Waals surface area (Å²) in [5.41, 5.74) is 4.12. The Balaban J connectivity index is 1.77. The Morgan fingerprint density at radius 3 is 2.54 bits per heavy atom. The number of pyridine rings is 1. The molecule has 0 aromatic carbocycles. The third-order valence-corrected chi connectivity index (χ3v) is 5.09. The highest BCUT2D eigenvalue weighted by molar-refractivity contribution is 7.11. The molecule has 24 heavy (non-hydrogen) atoms. The topological polar surface area (TPSA) is 63.6 Å². The molecule has 0 saturated heterocycles. The van der Waals surface area contributed by atoms with Crippen LogP contribution < -0.4 is 5.32 Å². The summed E-state index contributed by atoms with van der Waals surface area (Å²) in [6, 6.07) is 3.88. The molecule has 3 aromatic rings. The van der Waals surface area contributed by atoms with Crippen molar-refractivity contribution in [3.8, 4) is 11.4 Å². The Morgan fingerprint density at radius 2 is 1.88 bits per heavy atom. The van der Waals surface area contributed by atoms with Crippen molar-refractivity contribution < 1.29 is 0 Å². The Morgan fingerprint density at radius 1 is 1.04 bits per heavy atom. The second-order valence-corrected chi connectivity index (χ2v) is 7.05. The van der Waals surface area contributed by atoms with Gasteiger partial charge in [0.15, 0.2) is 5.82 Å². The average Bonchev–Trinajstić information content (AvgIpc) is 2.89. The van der Waals surface area contributed by atoms with Crippen molar-refractivity contribution in [3.05, 3.63) is 51.4 Å². The van der Waals surface area contributed by atoms with Crippen LogP contribution in [0.1, 0.15) is 26.8 Å². The van der Waals surface area contributed by atoms with E-state index in [1.165, 1.54) is 4.88 Å². The molecule has 3 heterocycles. The van der Waals surface area contributed by atoms with Crippen LogP contribution in [0.5, 0.6) is 0 Å². The summed E-state index contributed by atoms with van der Waals surface area (Å²) in [5, 5.41) is 4.58. The van der Waals surface area contributed by atoms with E-state index in [-0.39, 0.29) is 0 Å². The first-order valence-electron chi connectivity index (χ1n) is 7.97. The molecule has 0 saturated carbocycles. The van der Waals surface area contributed by atoms with Gasteiger partial charge in [-0.25, -0.2) is 15.0 Å². The monoisotopic (exact) mass is 339 g/mol. The Kier molecular flexibility index (Phi) is 4.85. The van der Waals surface area contributed by atoms with Gasteiger partial charge in [0.2, 0.25) is 0 Å². The second kappa shape index (κ2) is 7.05. The molecule has 0 aliphatic heterocycles. The molecular weight excluding hydrogens is 318 g/mol. The third kappa shape index (κ3) is 3.59. The fourth-order valence-corrected chi connectivity index (χ4v) is 3.46. The SMILES string of the molecule is Cc1nc(C)c(CCNc2nc(-c3cccnc3)nc(C)c2C)s1. The molecule has 0 aliphatic rings. The van der Waals surface area contributed by atoms with Crippen LogP contribution in [0.15, 0.2) is 24.5 Å². The summed E-state index contributed by atoms with van der Waals surface area (Å²) in [7, 11) is 0. The number of nitrogens with zero attached hydrogens (tertiary/aromatic N) is 4. The Labute approximate surface area is 146 Å². The van der Waals surface area contributed by atoms with Gasteiger partial charge in [-0.15, -0.1) is 11.3 Å². The minimum atomic E-state index is 0.707. The summed E-state index contributed by atoms with van der Waals surface area (Å²) >= 11 is 1.76. The molecule has 0 fully saturated rings. The van der Waals surface area contributed by atoms with Crippen molar-refractivity contribution in [1.82, 2.24) is 19.9 Å². The molecule has 0 bridgehead atoms. The van der Waals surface area contributed by atoms with Crippen LogP contribution >= 0.6 is 11.3 Å². The molecule has 1 N–H and O–H groups in total. The molecule has 0 amide bonds. The van der Waals surface area contributed by atoms with E-state index >= 15 is 0 Å². The van der Waals surface area contributed by atoms with Crippen molar-refractivity contribution in [2.24, 2.45) is 0 Å². The minimum Gasteiger partial charge on any atom is -0.369 e. The lowest BCUT2D eigenvalue weighted by Crippen LogP contribution is -2.10. The molecule has 3 rings (SSSR count). The van der Waals surface area contributed by atoms with Gasteiger partial charge in [0.1, 0.15) is 5.82 Å². The number of aromatic nitrogens is 4. The fraction of sp³-hybridized carbons (Fsp3) is 0.333. The summed E-state index contributed by atoms with van der Waals surface area (Å²) in [4.78, 5) is 19.2. The fourth-order valence-electron chi connectivity index (χ4n) is 2.52. The lowest BCUT2D eigenvalue weighted by Gasteiger charge is -2.12. The zero-order valence-corrected chi connectivity index (χ0v) is 15.2. The van der Waals surface area contributed by atoms with Crippen molar-refractivity contribution >= 4 is 17.2 Å². The number of anilines is 1. The quantitative estimate of drug-likeness (QED) is 0.764. The first-order chi connectivity index (χ1) is 11.5. The van der Waals surface area contributed by atoms with Gasteiger partial charge in [0.25, 0.3) is 0 Å². The molecule has 0 atom stereocenters. The van der Waals surface area contributed by atoms with Gasteiger partial charge >= 0.3 is 0 Å². The number of hydrogen-bond acceptors (Lipinski definition) is 6. The summed E-state index contributed by atoms with van der Waals surface area (Å²) in [5.74, 6) is 1.60. The van der Waals surface area contributed by atoms with Gasteiger partial charge in [-0.05, 0) is 39.8 Å². The molecule has 5 nitrogen and oxygen atoms in total. The number of aryl methyl sites for hydroxylation is 3. The third-order valence-electron chi connectivity index (χ3n) is 3.95. The maximum atomic E-state index is 4.69. The number of thiazole rings is 1. The van der Waals surface area contributed by atoms with E-state index in [0.717, 1.165) is 46.3 Å². The van der Waals surface area contributed by atoms with Crippen LogP contribution in [0.3, 0.4) is 0 Å². The van der Waals surface area contributed by atoms with Gasteiger partial charge in [-0.2, -0.15) is 0 Å². The number of nitrogens with one attached hydrogen (secondary N) is 1.